The average molecular weight is 256 g/mol. The first-order valence-electron chi connectivity index (χ1n) is 6.12. The van der Waals surface area contributed by atoms with Crippen LogP contribution >= 0.6 is 0 Å². The fourth-order valence-electron chi connectivity index (χ4n) is 2.20. The minimum Gasteiger partial charge on any atom is -0.480 e. The maximum Gasteiger partial charge on any atom is 0.165 e. The number of hydrogen-bond donors (Lipinski definition) is 1. The molecule has 1 aliphatic carbocycles. The van der Waals surface area contributed by atoms with Crippen molar-refractivity contribution in [2.45, 2.75) is 12.2 Å². The number of fused-ring (bicyclic) bond motifs is 1. The molecule has 0 unspecified atom stereocenters. The van der Waals surface area contributed by atoms with E-state index in [1.54, 1.807) is 24.3 Å². The zero-order chi connectivity index (χ0) is 13.2. The Morgan fingerprint density at radius 1 is 1.00 bits per heavy atom. The summed E-state index contributed by atoms with van der Waals surface area (Å²) in [5.41, 5.74) is 1.76. The van der Waals surface area contributed by atoms with Gasteiger partial charge in [0.2, 0.25) is 0 Å². The van der Waals surface area contributed by atoms with Gasteiger partial charge in [-0.1, -0.05) is 42.5 Å². The van der Waals surface area contributed by atoms with E-state index in [1.807, 2.05) is 30.3 Å². The number of aliphatic hydroxyl groups is 1. The van der Waals surface area contributed by atoms with Crippen LogP contribution in [0.5, 0.6) is 5.75 Å². The maximum atomic E-state index is 13.5. The SMILES string of the molecule is O[C@H]1c2ccccc2C=C[C@@H]1Oc1ccccc1F. The lowest BCUT2D eigenvalue weighted by Gasteiger charge is -2.26. The van der Waals surface area contributed by atoms with Crippen molar-refractivity contribution in [3.63, 3.8) is 0 Å². The van der Waals surface area contributed by atoms with Gasteiger partial charge in [-0.25, -0.2) is 4.39 Å². The van der Waals surface area contributed by atoms with E-state index in [2.05, 4.69) is 0 Å². The third-order valence-corrected chi connectivity index (χ3v) is 3.19. The molecule has 2 nitrogen and oxygen atoms in total. The molecule has 3 rings (SSSR count). The number of aliphatic hydroxyl groups excluding tert-OH is 1. The van der Waals surface area contributed by atoms with Crippen LogP contribution in [0.3, 0.4) is 0 Å². The van der Waals surface area contributed by atoms with Crippen LogP contribution in [0, 0.1) is 5.82 Å². The van der Waals surface area contributed by atoms with Gasteiger partial charge in [-0.2, -0.15) is 0 Å². The van der Waals surface area contributed by atoms with E-state index in [1.165, 1.54) is 6.07 Å². The molecule has 0 amide bonds. The zero-order valence-corrected chi connectivity index (χ0v) is 10.2. The highest BCUT2D eigenvalue weighted by molar-refractivity contribution is 5.58. The van der Waals surface area contributed by atoms with Crippen LogP contribution in [0.25, 0.3) is 6.08 Å². The van der Waals surface area contributed by atoms with Crippen molar-refractivity contribution in [3.05, 3.63) is 71.6 Å². The summed E-state index contributed by atoms with van der Waals surface area (Å²) >= 11 is 0. The molecule has 96 valence electrons. The largest absolute Gasteiger partial charge is 0.480 e. The molecule has 0 saturated heterocycles. The van der Waals surface area contributed by atoms with Crippen LogP contribution in [0.15, 0.2) is 54.6 Å². The highest BCUT2D eigenvalue weighted by atomic mass is 19.1. The summed E-state index contributed by atoms with van der Waals surface area (Å²) < 4.78 is 19.1. The van der Waals surface area contributed by atoms with Crippen LogP contribution in [-0.2, 0) is 0 Å². The van der Waals surface area contributed by atoms with Crippen molar-refractivity contribution in [3.8, 4) is 5.75 Å². The molecule has 19 heavy (non-hydrogen) atoms. The van der Waals surface area contributed by atoms with Crippen molar-refractivity contribution in [1.29, 1.82) is 0 Å². The molecule has 0 spiro atoms. The molecule has 0 heterocycles. The van der Waals surface area contributed by atoms with E-state index in [9.17, 15) is 9.50 Å². The predicted molar refractivity (Wildman–Crippen MR) is 71.3 cm³/mol. The lowest BCUT2D eigenvalue weighted by molar-refractivity contribution is 0.0599. The molecule has 0 bridgehead atoms. The minimum atomic E-state index is -0.791. The third kappa shape index (κ3) is 2.25. The highest BCUT2D eigenvalue weighted by Gasteiger charge is 2.26. The van der Waals surface area contributed by atoms with Gasteiger partial charge in [0.15, 0.2) is 11.6 Å². The Labute approximate surface area is 110 Å². The molecule has 0 aromatic heterocycles. The summed E-state index contributed by atoms with van der Waals surface area (Å²) in [5.74, 6) is -0.280. The molecule has 0 fully saturated rings. The number of hydrogen-bond acceptors (Lipinski definition) is 2. The summed E-state index contributed by atoms with van der Waals surface area (Å²) in [6.45, 7) is 0. The lowest BCUT2D eigenvalue weighted by Crippen LogP contribution is -2.26. The van der Waals surface area contributed by atoms with Crippen molar-refractivity contribution < 1.29 is 14.2 Å². The fourth-order valence-corrected chi connectivity index (χ4v) is 2.20. The maximum absolute atomic E-state index is 13.5. The van der Waals surface area contributed by atoms with E-state index < -0.39 is 18.0 Å². The Morgan fingerprint density at radius 2 is 1.74 bits per heavy atom. The Balaban J connectivity index is 1.87. The molecule has 2 atom stereocenters. The highest BCUT2D eigenvalue weighted by Crippen LogP contribution is 2.31. The second-order valence-corrected chi connectivity index (χ2v) is 4.45. The van der Waals surface area contributed by atoms with Gasteiger partial charge in [0, 0.05) is 0 Å². The molecular formula is C16H13FO2. The molecule has 2 aromatic carbocycles. The smallest absolute Gasteiger partial charge is 0.165 e. The van der Waals surface area contributed by atoms with Crippen molar-refractivity contribution in [2.75, 3.05) is 0 Å². The van der Waals surface area contributed by atoms with Gasteiger partial charge in [-0.15, -0.1) is 0 Å². The summed E-state index contributed by atoms with van der Waals surface area (Å²) in [5, 5.41) is 10.3. The second-order valence-electron chi connectivity index (χ2n) is 4.45. The molecule has 1 aliphatic rings. The standard InChI is InChI=1S/C16H13FO2/c17-13-7-3-4-8-14(13)19-15-10-9-11-5-1-2-6-12(11)16(15)18/h1-10,15-16,18H/t15-,16-/m0/s1. The Kier molecular flexibility index (Phi) is 3.05. The van der Waals surface area contributed by atoms with E-state index in [0.29, 0.717) is 0 Å². The molecule has 1 N–H and O–H groups in total. The van der Waals surface area contributed by atoms with Crippen LogP contribution in [0.1, 0.15) is 17.2 Å². The zero-order valence-electron chi connectivity index (χ0n) is 10.2. The minimum absolute atomic E-state index is 0.149. The number of halogens is 1. The summed E-state index contributed by atoms with van der Waals surface area (Å²) in [7, 11) is 0. The molecular weight excluding hydrogens is 243 g/mol. The average Bonchev–Trinajstić information content (AvgIpc) is 2.44. The summed E-state index contributed by atoms with van der Waals surface area (Å²) in [6, 6.07) is 13.7. The normalized spacial score (nSPS) is 20.9. The fraction of sp³-hybridized carbons (Fsp3) is 0.125. The lowest BCUT2D eigenvalue weighted by atomic mass is 9.93. The third-order valence-electron chi connectivity index (χ3n) is 3.19. The quantitative estimate of drug-likeness (QED) is 0.893. The first-order chi connectivity index (χ1) is 9.25. The van der Waals surface area contributed by atoms with Gasteiger partial charge in [-0.05, 0) is 29.3 Å². The van der Waals surface area contributed by atoms with Gasteiger partial charge in [0.1, 0.15) is 12.2 Å². The number of para-hydroxylation sites is 1. The number of ether oxygens (including phenoxy) is 1. The topological polar surface area (TPSA) is 29.5 Å². The van der Waals surface area contributed by atoms with Gasteiger partial charge in [0.25, 0.3) is 0 Å². The molecule has 0 saturated carbocycles. The van der Waals surface area contributed by atoms with E-state index in [0.717, 1.165) is 11.1 Å². The van der Waals surface area contributed by atoms with Gasteiger partial charge >= 0.3 is 0 Å². The monoisotopic (exact) mass is 256 g/mol. The van der Waals surface area contributed by atoms with Crippen LogP contribution in [0.2, 0.25) is 0 Å². The molecule has 2 aromatic rings. The second kappa shape index (κ2) is 4.86. The molecule has 0 radical (unpaired) electrons. The number of benzene rings is 2. The molecule has 0 aliphatic heterocycles. The van der Waals surface area contributed by atoms with Gasteiger partial charge in [-0.3, -0.25) is 0 Å². The first-order valence-corrected chi connectivity index (χ1v) is 6.12. The summed E-state index contributed by atoms with van der Waals surface area (Å²) in [4.78, 5) is 0. The van der Waals surface area contributed by atoms with Crippen molar-refractivity contribution in [1.82, 2.24) is 0 Å². The summed E-state index contributed by atoms with van der Waals surface area (Å²) in [6.07, 6.45) is 2.26. The predicted octanol–water partition coefficient (Wildman–Crippen LogP) is 3.33. The van der Waals surface area contributed by atoms with Crippen molar-refractivity contribution >= 4 is 6.08 Å². The van der Waals surface area contributed by atoms with Crippen LogP contribution in [-0.4, -0.2) is 11.2 Å². The number of rotatable bonds is 2. The van der Waals surface area contributed by atoms with Crippen LogP contribution in [0.4, 0.5) is 4.39 Å². The Bertz CT molecular complexity index is 622. The van der Waals surface area contributed by atoms with Crippen molar-refractivity contribution in [2.24, 2.45) is 0 Å². The molecule has 3 heteroatoms. The van der Waals surface area contributed by atoms with E-state index in [4.69, 9.17) is 4.74 Å². The Hall–Kier alpha value is -2.13. The Morgan fingerprint density at radius 3 is 2.58 bits per heavy atom. The van der Waals surface area contributed by atoms with Gasteiger partial charge in [0.05, 0.1) is 0 Å². The van der Waals surface area contributed by atoms with Crippen LogP contribution < -0.4 is 4.74 Å². The van der Waals surface area contributed by atoms with E-state index >= 15 is 0 Å². The van der Waals surface area contributed by atoms with E-state index in [-0.39, 0.29) is 5.75 Å². The first kappa shape index (κ1) is 11.9. The van der Waals surface area contributed by atoms with Gasteiger partial charge < -0.3 is 9.84 Å².